The standard InChI is InChI=1S/C13H25NO3/c1-10-5-6-11(17-10)12(16)14-9-13(2,3)7-4-8-15/h10-11,15H,4-9H2,1-3H3,(H,14,16). The Labute approximate surface area is 104 Å². The van der Waals surface area contributed by atoms with Gasteiger partial charge in [-0.15, -0.1) is 0 Å². The molecule has 1 fully saturated rings. The van der Waals surface area contributed by atoms with E-state index in [9.17, 15) is 4.79 Å². The molecule has 1 aliphatic rings. The summed E-state index contributed by atoms with van der Waals surface area (Å²) >= 11 is 0. The van der Waals surface area contributed by atoms with Crippen molar-refractivity contribution in [2.24, 2.45) is 5.41 Å². The lowest BCUT2D eigenvalue weighted by molar-refractivity contribution is -0.132. The van der Waals surface area contributed by atoms with E-state index in [0.29, 0.717) is 6.54 Å². The van der Waals surface area contributed by atoms with Crippen LogP contribution in [0, 0.1) is 5.41 Å². The first-order valence-electron chi connectivity index (χ1n) is 6.48. The van der Waals surface area contributed by atoms with Gasteiger partial charge in [-0.25, -0.2) is 0 Å². The topological polar surface area (TPSA) is 58.6 Å². The Morgan fingerprint density at radius 3 is 2.71 bits per heavy atom. The van der Waals surface area contributed by atoms with E-state index in [1.54, 1.807) is 0 Å². The second-order valence-electron chi connectivity index (χ2n) is 5.72. The van der Waals surface area contributed by atoms with E-state index in [4.69, 9.17) is 9.84 Å². The number of aliphatic hydroxyl groups excluding tert-OH is 1. The van der Waals surface area contributed by atoms with Gasteiger partial charge in [-0.3, -0.25) is 4.79 Å². The molecule has 1 rings (SSSR count). The molecular formula is C13H25NO3. The number of aliphatic hydroxyl groups is 1. The summed E-state index contributed by atoms with van der Waals surface area (Å²) < 4.78 is 5.52. The zero-order valence-corrected chi connectivity index (χ0v) is 11.2. The molecule has 4 nitrogen and oxygen atoms in total. The van der Waals surface area contributed by atoms with Crippen LogP contribution in [0.4, 0.5) is 0 Å². The van der Waals surface area contributed by atoms with E-state index in [1.807, 2.05) is 6.92 Å². The summed E-state index contributed by atoms with van der Waals surface area (Å²) in [6, 6.07) is 0. The van der Waals surface area contributed by atoms with Crippen molar-refractivity contribution in [1.29, 1.82) is 0 Å². The molecule has 0 aromatic rings. The summed E-state index contributed by atoms with van der Waals surface area (Å²) in [7, 11) is 0. The number of carbonyl (C=O) groups excluding carboxylic acids is 1. The van der Waals surface area contributed by atoms with Gasteiger partial charge >= 0.3 is 0 Å². The number of rotatable bonds is 6. The molecule has 1 saturated heterocycles. The molecule has 2 N–H and O–H groups in total. The molecular weight excluding hydrogens is 218 g/mol. The van der Waals surface area contributed by atoms with Crippen molar-refractivity contribution < 1.29 is 14.6 Å². The van der Waals surface area contributed by atoms with Gasteiger partial charge < -0.3 is 15.2 Å². The lowest BCUT2D eigenvalue weighted by atomic mass is 9.88. The Morgan fingerprint density at radius 1 is 1.47 bits per heavy atom. The van der Waals surface area contributed by atoms with Crippen molar-refractivity contribution in [2.45, 2.75) is 58.7 Å². The summed E-state index contributed by atoms with van der Waals surface area (Å²) in [5.41, 5.74) is 0.0304. The third kappa shape index (κ3) is 5.04. The summed E-state index contributed by atoms with van der Waals surface area (Å²) in [4.78, 5) is 11.8. The molecule has 0 aromatic heterocycles. The number of nitrogens with one attached hydrogen (secondary N) is 1. The second-order valence-corrected chi connectivity index (χ2v) is 5.72. The zero-order valence-electron chi connectivity index (χ0n) is 11.2. The Bertz CT molecular complexity index is 253. The lowest BCUT2D eigenvalue weighted by Crippen LogP contribution is -2.40. The summed E-state index contributed by atoms with van der Waals surface area (Å²) in [6.45, 7) is 7.04. The maximum atomic E-state index is 11.8. The minimum Gasteiger partial charge on any atom is -0.396 e. The molecule has 0 aromatic carbocycles. The van der Waals surface area contributed by atoms with E-state index in [2.05, 4.69) is 19.2 Å². The van der Waals surface area contributed by atoms with Crippen molar-refractivity contribution in [3.05, 3.63) is 0 Å². The van der Waals surface area contributed by atoms with Crippen LogP contribution < -0.4 is 5.32 Å². The predicted molar refractivity (Wildman–Crippen MR) is 66.7 cm³/mol. The highest BCUT2D eigenvalue weighted by Crippen LogP contribution is 2.22. The maximum absolute atomic E-state index is 11.8. The average Bonchev–Trinajstić information content (AvgIpc) is 2.70. The van der Waals surface area contributed by atoms with E-state index < -0.39 is 0 Å². The zero-order chi connectivity index (χ0) is 12.9. The highest BCUT2D eigenvalue weighted by molar-refractivity contribution is 5.81. The first-order valence-corrected chi connectivity index (χ1v) is 6.48. The van der Waals surface area contributed by atoms with E-state index in [1.165, 1.54) is 0 Å². The third-order valence-electron chi connectivity index (χ3n) is 3.28. The number of carbonyl (C=O) groups is 1. The van der Waals surface area contributed by atoms with Crippen LogP contribution in [-0.4, -0.2) is 36.4 Å². The molecule has 0 radical (unpaired) electrons. The minimum absolute atomic E-state index is 0.00595. The molecule has 2 unspecified atom stereocenters. The van der Waals surface area contributed by atoms with Crippen molar-refractivity contribution in [2.75, 3.05) is 13.2 Å². The predicted octanol–water partition coefficient (Wildman–Crippen LogP) is 1.47. The summed E-state index contributed by atoms with van der Waals surface area (Å²) in [6.07, 6.45) is 3.41. The first kappa shape index (κ1) is 14.5. The lowest BCUT2D eigenvalue weighted by Gasteiger charge is -2.25. The van der Waals surface area contributed by atoms with Crippen LogP contribution in [0.2, 0.25) is 0 Å². The van der Waals surface area contributed by atoms with Crippen LogP contribution in [0.3, 0.4) is 0 Å². The van der Waals surface area contributed by atoms with Crippen molar-refractivity contribution in [3.8, 4) is 0 Å². The average molecular weight is 243 g/mol. The third-order valence-corrected chi connectivity index (χ3v) is 3.28. The molecule has 1 heterocycles. The van der Waals surface area contributed by atoms with Gasteiger partial charge in [0.05, 0.1) is 6.10 Å². The van der Waals surface area contributed by atoms with Gasteiger partial charge in [0.1, 0.15) is 6.10 Å². The van der Waals surface area contributed by atoms with E-state index in [0.717, 1.165) is 25.7 Å². The first-order chi connectivity index (χ1) is 7.94. The highest BCUT2D eigenvalue weighted by Gasteiger charge is 2.29. The molecule has 2 atom stereocenters. The molecule has 0 aliphatic carbocycles. The summed E-state index contributed by atoms with van der Waals surface area (Å²) in [5.74, 6) is 0.00595. The number of hydrogen-bond acceptors (Lipinski definition) is 3. The van der Waals surface area contributed by atoms with Gasteiger partial charge in [0, 0.05) is 13.2 Å². The van der Waals surface area contributed by atoms with Gasteiger partial charge in [-0.05, 0) is 38.0 Å². The molecule has 0 bridgehead atoms. The monoisotopic (exact) mass is 243 g/mol. The van der Waals surface area contributed by atoms with Crippen LogP contribution in [-0.2, 0) is 9.53 Å². The Morgan fingerprint density at radius 2 is 2.18 bits per heavy atom. The largest absolute Gasteiger partial charge is 0.396 e. The van der Waals surface area contributed by atoms with Crippen LogP contribution in [0.1, 0.15) is 46.5 Å². The van der Waals surface area contributed by atoms with Crippen LogP contribution >= 0.6 is 0 Å². The van der Waals surface area contributed by atoms with Crippen molar-refractivity contribution >= 4 is 5.91 Å². The Hall–Kier alpha value is -0.610. The van der Waals surface area contributed by atoms with Crippen molar-refractivity contribution in [1.82, 2.24) is 5.32 Å². The quantitative estimate of drug-likeness (QED) is 0.742. The van der Waals surface area contributed by atoms with E-state index >= 15 is 0 Å². The summed E-state index contributed by atoms with van der Waals surface area (Å²) in [5, 5.41) is 11.8. The number of amides is 1. The number of hydrogen-bond donors (Lipinski definition) is 2. The second kappa shape index (κ2) is 6.36. The fraction of sp³-hybridized carbons (Fsp3) is 0.923. The smallest absolute Gasteiger partial charge is 0.249 e. The number of ether oxygens (including phenoxy) is 1. The van der Waals surface area contributed by atoms with Crippen molar-refractivity contribution in [3.63, 3.8) is 0 Å². The maximum Gasteiger partial charge on any atom is 0.249 e. The Balaban J connectivity index is 2.27. The fourth-order valence-corrected chi connectivity index (χ4v) is 2.08. The molecule has 1 aliphatic heterocycles. The SMILES string of the molecule is CC1CCC(C(=O)NCC(C)(C)CCCO)O1. The minimum atomic E-state index is -0.265. The van der Waals surface area contributed by atoms with Crippen LogP contribution in [0.5, 0.6) is 0 Å². The molecule has 0 spiro atoms. The molecule has 17 heavy (non-hydrogen) atoms. The Kier molecular flexibility index (Phi) is 5.40. The van der Waals surface area contributed by atoms with Gasteiger partial charge in [0.25, 0.3) is 0 Å². The molecule has 100 valence electrons. The normalized spacial score (nSPS) is 24.9. The molecule has 0 saturated carbocycles. The van der Waals surface area contributed by atoms with E-state index in [-0.39, 0.29) is 30.1 Å². The van der Waals surface area contributed by atoms with Gasteiger partial charge in [0.15, 0.2) is 0 Å². The van der Waals surface area contributed by atoms with Crippen LogP contribution in [0.15, 0.2) is 0 Å². The van der Waals surface area contributed by atoms with Gasteiger partial charge in [0.2, 0.25) is 5.91 Å². The highest BCUT2D eigenvalue weighted by atomic mass is 16.5. The molecule has 4 heteroatoms. The fourth-order valence-electron chi connectivity index (χ4n) is 2.08. The molecule has 1 amide bonds. The van der Waals surface area contributed by atoms with Gasteiger partial charge in [-0.2, -0.15) is 0 Å². The van der Waals surface area contributed by atoms with Gasteiger partial charge in [-0.1, -0.05) is 13.8 Å². The van der Waals surface area contributed by atoms with Crippen LogP contribution in [0.25, 0.3) is 0 Å².